The molecule has 1 aromatic heterocycles. The van der Waals surface area contributed by atoms with Crippen LogP contribution in [0.15, 0.2) is 59.0 Å². The molecule has 1 amide bonds. The molecule has 0 bridgehead atoms. The van der Waals surface area contributed by atoms with Crippen LogP contribution in [-0.4, -0.2) is 22.1 Å². The Morgan fingerprint density at radius 2 is 1.69 bits per heavy atom. The van der Waals surface area contributed by atoms with Gasteiger partial charge in [0, 0.05) is 29.8 Å². The molecule has 0 N–H and O–H groups in total. The van der Waals surface area contributed by atoms with Crippen LogP contribution in [0.3, 0.4) is 0 Å². The normalized spacial score (nSPS) is 14.5. The van der Waals surface area contributed by atoms with Crippen LogP contribution in [0.25, 0.3) is 11.5 Å². The van der Waals surface area contributed by atoms with Gasteiger partial charge in [-0.25, -0.2) is 0 Å². The highest BCUT2D eigenvalue weighted by molar-refractivity contribution is 6.06. The molecular weight excluding hydrogens is 326 g/mol. The third-order valence-electron chi connectivity index (χ3n) is 4.85. The summed E-state index contributed by atoms with van der Waals surface area (Å²) < 4.78 is 5.45. The fourth-order valence-corrected chi connectivity index (χ4v) is 3.55. The van der Waals surface area contributed by atoms with Gasteiger partial charge in [-0.15, -0.1) is 10.2 Å². The van der Waals surface area contributed by atoms with E-state index < -0.39 is 0 Å². The molecule has 3 aromatic rings. The van der Waals surface area contributed by atoms with Crippen molar-refractivity contribution in [3.63, 3.8) is 0 Å². The summed E-state index contributed by atoms with van der Waals surface area (Å²) in [5.41, 5.74) is 2.44. The van der Waals surface area contributed by atoms with E-state index in [9.17, 15) is 4.79 Å². The Bertz CT molecular complexity index is 881. The van der Waals surface area contributed by atoms with E-state index in [1.165, 1.54) is 12.8 Å². The zero-order valence-electron chi connectivity index (χ0n) is 14.8. The molecule has 1 aliphatic carbocycles. The zero-order valence-corrected chi connectivity index (χ0v) is 14.8. The molecule has 0 radical (unpaired) electrons. The van der Waals surface area contributed by atoms with Gasteiger partial charge >= 0.3 is 0 Å². The zero-order chi connectivity index (χ0) is 17.9. The molecule has 132 valence electrons. The maximum Gasteiger partial charge on any atom is 0.258 e. The number of hydrogen-bond donors (Lipinski definition) is 0. The summed E-state index contributed by atoms with van der Waals surface area (Å²) in [5, 5.41) is 7.87. The van der Waals surface area contributed by atoms with Crippen molar-refractivity contribution in [1.29, 1.82) is 0 Å². The molecule has 0 aliphatic heterocycles. The Kier molecular flexibility index (Phi) is 4.52. The first-order valence-electron chi connectivity index (χ1n) is 9.01. The minimum atomic E-state index is 0.0383. The van der Waals surface area contributed by atoms with E-state index in [0.717, 1.165) is 24.1 Å². The second kappa shape index (κ2) is 7.12. The number of nitrogens with zero attached hydrogens (tertiary/aromatic N) is 3. The van der Waals surface area contributed by atoms with Gasteiger partial charge < -0.3 is 9.32 Å². The van der Waals surface area contributed by atoms with Gasteiger partial charge in [-0.1, -0.05) is 31.0 Å². The minimum absolute atomic E-state index is 0.0383. The fourth-order valence-electron chi connectivity index (χ4n) is 3.55. The molecule has 5 heteroatoms. The summed E-state index contributed by atoms with van der Waals surface area (Å²) in [6, 6.07) is 17.6. The smallest absolute Gasteiger partial charge is 0.258 e. The van der Waals surface area contributed by atoms with Crippen molar-refractivity contribution in [3.8, 4) is 11.5 Å². The molecule has 1 fully saturated rings. The van der Waals surface area contributed by atoms with Crippen molar-refractivity contribution in [2.75, 3.05) is 4.90 Å². The summed E-state index contributed by atoms with van der Waals surface area (Å²) >= 11 is 0. The highest BCUT2D eigenvalue weighted by atomic mass is 16.4. The first-order valence-corrected chi connectivity index (χ1v) is 9.01. The molecule has 4 rings (SSSR count). The Morgan fingerprint density at radius 1 is 1.00 bits per heavy atom. The maximum absolute atomic E-state index is 13.3. The van der Waals surface area contributed by atoms with Crippen LogP contribution in [-0.2, 0) is 0 Å². The van der Waals surface area contributed by atoms with E-state index in [4.69, 9.17) is 4.42 Å². The Hall–Kier alpha value is -2.95. The fraction of sp³-hybridized carbons (Fsp3) is 0.286. The summed E-state index contributed by atoms with van der Waals surface area (Å²) in [5.74, 6) is 1.03. The van der Waals surface area contributed by atoms with Gasteiger partial charge in [-0.2, -0.15) is 0 Å². The number of carbonyl (C=O) groups excluding carboxylic acids is 1. The monoisotopic (exact) mass is 347 g/mol. The molecule has 1 heterocycles. The van der Waals surface area contributed by atoms with E-state index in [1.54, 1.807) is 6.92 Å². The molecule has 2 aromatic carbocycles. The number of rotatable bonds is 4. The number of para-hydroxylation sites is 1. The summed E-state index contributed by atoms with van der Waals surface area (Å²) in [4.78, 5) is 15.2. The van der Waals surface area contributed by atoms with Crippen LogP contribution < -0.4 is 4.90 Å². The lowest BCUT2D eigenvalue weighted by Gasteiger charge is -2.29. The average molecular weight is 347 g/mol. The number of amides is 1. The van der Waals surface area contributed by atoms with E-state index in [2.05, 4.69) is 10.2 Å². The van der Waals surface area contributed by atoms with Gasteiger partial charge in [-0.3, -0.25) is 4.79 Å². The van der Waals surface area contributed by atoms with E-state index in [0.29, 0.717) is 17.3 Å². The quantitative estimate of drug-likeness (QED) is 0.690. The van der Waals surface area contributed by atoms with Crippen molar-refractivity contribution in [2.45, 2.75) is 38.6 Å². The predicted octanol–water partition coefficient (Wildman–Crippen LogP) is 4.63. The van der Waals surface area contributed by atoms with Crippen molar-refractivity contribution in [1.82, 2.24) is 10.2 Å². The number of hydrogen-bond acceptors (Lipinski definition) is 4. The number of aromatic nitrogens is 2. The number of aryl methyl sites for hydroxylation is 1. The van der Waals surface area contributed by atoms with Gasteiger partial charge in [0.2, 0.25) is 11.8 Å². The summed E-state index contributed by atoms with van der Waals surface area (Å²) in [6.07, 6.45) is 4.47. The lowest BCUT2D eigenvalue weighted by Crippen LogP contribution is -2.39. The number of carbonyl (C=O) groups is 1. The standard InChI is InChI=1S/C21H21N3O2/c1-15-22-23-20(26-15)16-11-13-17(14-12-16)21(25)24(19-9-5-6-10-19)18-7-3-2-4-8-18/h2-4,7-8,11-14,19H,5-6,9-10H2,1H3. The third-order valence-corrected chi connectivity index (χ3v) is 4.85. The van der Waals surface area contributed by atoms with Crippen molar-refractivity contribution in [2.24, 2.45) is 0 Å². The van der Waals surface area contributed by atoms with E-state index in [1.807, 2.05) is 59.5 Å². The lowest BCUT2D eigenvalue weighted by atomic mass is 10.1. The minimum Gasteiger partial charge on any atom is -0.421 e. The molecule has 5 nitrogen and oxygen atoms in total. The van der Waals surface area contributed by atoms with Gasteiger partial charge in [0.05, 0.1) is 0 Å². The average Bonchev–Trinajstić information content (AvgIpc) is 3.35. The van der Waals surface area contributed by atoms with Gasteiger partial charge in [0.1, 0.15) is 0 Å². The van der Waals surface area contributed by atoms with Crippen molar-refractivity contribution in [3.05, 3.63) is 66.1 Å². The predicted molar refractivity (Wildman–Crippen MR) is 100.0 cm³/mol. The molecule has 0 unspecified atom stereocenters. The Balaban J connectivity index is 1.63. The van der Waals surface area contributed by atoms with Crippen LogP contribution in [0.1, 0.15) is 41.9 Å². The van der Waals surface area contributed by atoms with Crippen LogP contribution >= 0.6 is 0 Å². The Morgan fingerprint density at radius 3 is 2.31 bits per heavy atom. The SMILES string of the molecule is Cc1nnc(-c2ccc(C(=O)N(c3ccccc3)C3CCCC3)cc2)o1. The molecule has 0 saturated heterocycles. The van der Waals surface area contributed by atoms with Gasteiger partial charge in [-0.05, 0) is 49.2 Å². The molecular formula is C21H21N3O2. The van der Waals surface area contributed by atoms with Crippen LogP contribution in [0.2, 0.25) is 0 Å². The molecule has 1 aliphatic rings. The molecule has 26 heavy (non-hydrogen) atoms. The topological polar surface area (TPSA) is 59.2 Å². The Labute approximate surface area is 152 Å². The molecule has 1 saturated carbocycles. The first-order chi connectivity index (χ1) is 12.7. The van der Waals surface area contributed by atoms with E-state index >= 15 is 0 Å². The molecule has 0 atom stereocenters. The molecule has 0 spiro atoms. The van der Waals surface area contributed by atoms with Gasteiger partial charge in [0.25, 0.3) is 5.91 Å². The third kappa shape index (κ3) is 3.25. The maximum atomic E-state index is 13.3. The van der Waals surface area contributed by atoms with Crippen LogP contribution in [0.5, 0.6) is 0 Å². The second-order valence-electron chi connectivity index (χ2n) is 6.65. The van der Waals surface area contributed by atoms with Crippen LogP contribution in [0, 0.1) is 6.92 Å². The van der Waals surface area contributed by atoms with E-state index in [-0.39, 0.29) is 11.9 Å². The number of benzene rings is 2. The van der Waals surface area contributed by atoms with Crippen molar-refractivity contribution < 1.29 is 9.21 Å². The lowest BCUT2D eigenvalue weighted by molar-refractivity contribution is 0.0977. The highest BCUT2D eigenvalue weighted by Crippen LogP contribution is 2.30. The van der Waals surface area contributed by atoms with Gasteiger partial charge in [0.15, 0.2) is 0 Å². The summed E-state index contributed by atoms with van der Waals surface area (Å²) in [6.45, 7) is 1.76. The number of anilines is 1. The largest absolute Gasteiger partial charge is 0.421 e. The van der Waals surface area contributed by atoms with Crippen molar-refractivity contribution >= 4 is 11.6 Å². The van der Waals surface area contributed by atoms with Crippen LogP contribution in [0.4, 0.5) is 5.69 Å². The second-order valence-corrected chi connectivity index (χ2v) is 6.65. The first kappa shape index (κ1) is 16.5. The summed E-state index contributed by atoms with van der Waals surface area (Å²) in [7, 11) is 0. The highest BCUT2D eigenvalue weighted by Gasteiger charge is 2.28.